The van der Waals surface area contributed by atoms with E-state index in [0.717, 1.165) is 7.11 Å². The van der Waals surface area contributed by atoms with Gasteiger partial charge in [0, 0.05) is 0 Å². The van der Waals surface area contributed by atoms with Gasteiger partial charge in [-0.1, -0.05) is 34.8 Å². The highest BCUT2D eigenvalue weighted by atomic mass is 35.5. The molecule has 1 aromatic carbocycles. The number of benzene rings is 1. The Kier molecular flexibility index (Phi) is 5.05. The Labute approximate surface area is 139 Å². The van der Waals surface area contributed by atoms with Gasteiger partial charge in [-0.15, -0.1) is 0 Å². The topological polar surface area (TPSA) is 61.3 Å². The maximum atomic E-state index is 14.4. The van der Waals surface area contributed by atoms with Crippen LogP contribution in [0.5, 0.6) is 5.75 Å². The van der Waals surface area contributed by atoms with Crippen molar-refractivity contribution in [3.8, 4) is 17.1 Å². The molecule has 0 bridgehead atoms. The van der Waals surface area contributed by atoms with Crippen LogP contribution < -0.4 is 4.74 Å². The first-order valence-electron chi connectivity index (χ1n) is 5.74. The second-order valence-corrected chi connectivity index (χ2v) is 5.08. The number of carbonyl (C=O) groups excluding carboxylic acids is 1. The Bertz CT molecular complexity index is 756. The van der Waals surface area contributed by atoms with Crippen LogP contribution in [0.3, 0.4) is 0 Å². The summed E-state index contributed by atoms with van der Waals surface area (Å²) in [5.41, 5.74) is -0.322. The van der Waals surface area contributed by atoms with Crippen molar-refractivity contribution < 1.29 is 18.7 Å². The number of hydrogen-bond donors (Lipinski definition) is 0. The van der Waals surface area contributed by atoms with Gasteiger partial charge >= 0.3 is 5.97 Å². The number of methoxy groups -OCH3 is 2. The van der Waals surface area contributed by atoms with E-state index in [-0.39, 0.29) is 38.0 Å². The van der Waals surface area contributed by atoms with Crippen molar-refractivity contribution in [2.45, 2.75) is 0 Å². The Hall–Kier alpha value is -1.63. The normalized spacial score (nSPS) is 10.5. The van der Waals surface area contributed by atoms with E-state index < -0.39 is 11.8 Å². The highest BCUT2D eigenvalue weighted by Gasteiger charge is 2.22. The molecular weight excluding hydrogens is 358 g/mol. The zero-order chi connectivity index (χ0) is 16.4. The largest absolute Gasteiger partial charge is 0.492 e. The predicted molar refractivity (Wildman–Crippen MR) is 80.3 cm³/mol. The maximum absolute atomic E-state index is 14.4. The minimum Gasteiger partial charge on any atom is -0.492 e. The molecule has 0 saturated heterocycles. The van der Waals surface area contributed by atoms with Gasteiger partial charge in [-0.05, 0) is 12.1 Å². The number of carbonyl (C=O) groups is 1. The van der Waals surface area contributed by atoms with Crippen LogP contribution in [0.1, 0.15) is 10.5 Å². The van der Waals surface area contributed by atoms with Crippen molar-refractivity contribution in [2.24, 2.45) is 0 Å². The number of ether oxygens (including phenoxy) is 2. The molecule has 116 valence electrons. The van der Waals surface area contributed by atoms with Crippen LogP contribution in [0.2, 0.25) is 15.2 Å². The summed E-state index contributed by atoms with van der Waals surface area (Å²) >= 11 is 17.5. The number of nitrogens with zero attached hydrogens (tertiary/aromatic N) is 2. The molecule has 5 nitrogen and oxygen atoms in total. The first-order valence-corrected chi connectivity index (χ1v) is 6.87. The fourth-order valence-corrected chi connectivity index (χ4v) is 2.22. The lowest BCUT2D eigenvalue weighted by Gasteiger charge is -2.10. The molecule has 1 aromatic heterocycles. The molecule has 0 spiro atoms. The molecule has 2 aromatic rings. The lowest BCUT2D eigenvalue weighted by Crippen LogP contribution is -2.08. The molecule has 0 radical (unpaired) electrons. The zero-order valence-electron chi connectivity index (χ0n) is 11.3. The van der Waals surface area contributed by atoms with E-state index >= 15 is 0 Å². The van der Waals surface area contributed by atoms with E-state index in [4.69, 9.17) is 39.5 Å². The Morgan fingerprint density at radius 2 is 1.86 bits per heavy atom. The second kappa shape index (κ2) is 6.64. The minimum atomic E-state index is -0.822. The number of aromatic nitrogens is 2. The van der Waals surface area contributed by atoms with Gasteiger partial charge in [0.2, 0.25) is 0 Å². The molecule has 0 aliphatic rings. The lowest BCUT2D eigenvalue weighted by atomic mass is 10.1. The highest BCUT2D eigenvalue weighted by Crippen LogP contribution is 2.35. The van der Waals surface area contributed by atoms with Gasteiger partial charge in [0.15, 0.2) is 28.2 Å². The molecule has 0 atom stereocenters. The summed E-state index contributed by atoms with van der Waals surface area (Å²) < 4.78 is 23.8. The molecule has 0 saturated carbocycles. The third kappa shape index (κ3) is 2.95. The summed E-state index contributed by atoms with van der Waals surface area (Å²) in [6.07, 6.45) is 0. The van der Waals surface area contributed by atoms with E-state index in [0.29, 0.717) is 0 Å². The fourth-order valence-electron chi connectivity index (χ4n) is 1.66. The lowest BCUT2D eigenvalue weighted by molar-refractivity contribution is 0.0594. The van der Waals surface area contributed by atoms with Crippen LogP contribution in [0.15, 0.2) is 12.1 Å². The van der Waals surface area contributed by atoms with Crippen molar-refractivity contribution >= 4 is 40.8 Å². The molecule has 9 heteroatoms. The first-order chi connectivity index (χ1) is 10.4. The average Bonchev–Trinajstić information content (AvgIpc) is 2.50. The summed E-state index contributed by atoms with van der Waals surface area (Å²) in [7, 11) is 2.42. The van der Waals surface area contributed by atoms with Crippen LogP contribution in [0.4, 0.5) is 4.39 Å². The molecule has 2 rings (SSSR count). The Balaban J connectivity index is 2.69. The highest BCUT2D eigenvalue weighted by molar-refractivity contribution is 6.42. The summed E-state index contributed by atoms with van der Waals surface area (Å²) in [5.74, 6) is -1.93. The molecule has 0 unspecified atom stereocenters. The van der Waals surface area contributed by atoms with E-state index in [1.807, 2.05) is 0 Å². The van der Waals surface area contributed by atoms with Gasteiger partial charge < -0.3 is 9.47 Å². The fraction of sp³-hybridized carbons (Fsp3) is 0.154. The quantitative estimate of drug-likeness (QED) is 0.607. The molecule has 0 aliphatic heterocycles. The van der Waals surface area contributed by atoms with Crippen LogP contribution in [0.25, 0.3) is 11.4 Å². The van der Waals surface area contributed by atoms with Crippen LogP contribution >= 0.6 is 34.8 Å². The van der Waals surface area contributed by atoms with Gasteiger partial charge in [0.1, 0.15) is 5.02 Å². The molecule has 0 fully saturated rings. The molecule has 22 heavy (non-hydrogen) atoms. The Morgan fingerprint density at radius 3 is 2.45 bits per heavy atom. The van der Waals surface area contributed by atoms with Crippen molar-refractivity contribution in [3.05, 3.63) is 38.8 Å². The third-order valence-corrected chi connectivity index (χ3v) is 3.71. The van der Waals surface area contributed by atoms with E-state index in [1.165, 1.54) is 19.2 Å². The standard InChI is InChI=1S/C13H8Cl3FN2O3/c1-21-10-6(14)4-3-5(8(10)17)12-18-9(13(20)22-2)7(15)11(16)19-12/h3-4H,1-2H3. The monoisotopic (exact) mass is 364 g/mol. The summed E-state index contributed by atoms with van der Waals surface area (Å²) in [6.45, 7) is 0. The van der Waals surface area contributed by atoms with Crippen LogP contribution in [0, 0.1) is 5.82 Å². The van der Waals surface area contributed by atoms with Gasteiger partial charge in [-0.25, -0.2) is 19.2 Å². The Morgan fingerprint density at radius 1 is 1.18 bits per heavy atom. The second-order valence-electron chi connectivity index (χ2n) is 3.93. The van der Waals surface area contributed by atoms with E-state index in [9.17, 15) is 9.18 Å². The SMILES string of the molecule is COC(=O)c1nc(-c2ccc(Cl)c(OC)c2F)nc(Cl)c1Cl. The summed E-state index contributed by atoms with van der Waals surface area (Å²) in [5, 5.41) is -0.309. The molecule has 0 amide bonds. The summed E-state index contributed by atoms with van der Waals surface area (Å²) in [6, 6.07) is 2.74. The third-order valence-electron chi connectivity index (χ3n) is 2.68. The molecule has 0 aliphatic carbocycles. The van der Waals surface area contributed by atoms with Gasteiger partial charge in [-0.2, -0.15) is 0 Å². The number of rotatable bonds is 3. The number of halogens is 4. The van der Waals surface area contributed by atoms with Gasteiger partial charge in [0.25, 0.3) is 0 Å². The predicted octanol–water partition coefficient (Wildman–Crippen LogP) is 4.04. The van der Waals surface area contributed by atoms with Crippen molar-refractivity contribution in [2.75, 3.05) is 14.2 Å². The van der Waals surface area contributed by atoms with Crippen LogP contribution in [-0.2, 0) is 4.74 Å². The van der Waals surface area contributed by atoms with Gasteiger partial charge in [-0.3, -0.25) is 0 Å². The van der Waals surface area contributed by atoms with Gasteiger partial charge in [0.05, 0.1) is 24.8 Å². The van der Waals surface area contributed by atoms with E-state index in [1.54, 1.807) is 0 Å². The van der Waals surface area contributed by atoms with Crippen molar-refractivity contribution in [3.63, 3.8) is 0 Å². The smallest absolute Gasteiger partial charge is 0.358 e. The first kappa shape index (κ1) is 16.7. The van der Waals surface area contributed by atoms with Crippen molar-refractivity contribution in [1.82, 2.24) is 9.97 Å². The summed E-state index contributed by atoms with van der Waals surface area (Å²) in [4.78, 5) is 19.4. The minimum absolute atomic E-state index is 0.0510. The molecule has 0 N–H and O–H groups in total. The van der Waals surface area contributed by atoms with Crippen molar-refractivity contribution in [1.29, 1.82) is 0 Å². The average molecular weight is 366 g/mol. The maximum Gasteiger partial charge on any atom is 0.358 e. The van der Waals surface area contributed by atoms with Crippen LogP contribution in [-0.4, -0.2) is 30.2 Å². The molecular formula is C13H8Cl3FN2O3. The number of esters is 1. The zero-order valence-corrected chi connectivity index (χ0v) is 13.6. The van der Waals surface area contributed by atoms with E-state index in [2.05, 4.69) is 14.7 Å². The number of hydrogen-bond acceptors (Lipinski definition) is 5. The molecule has 1 heterocycles.